The summed E-state index contributed by atoms with van der Waals surface area (Å²) in [4.78, 5) is 8.64. The summed E-state index contributed by atoms with van der Waals surface area (Å²) in [5.74, 6) is 1.76. The smallest absolute Gasteiger partial charge is 0.243 e. The molecule has 0 bridgehead atoms. The number of hydrogen-bond donors (Lipinski definition) is 2. The molecule has 12 heteroatoms. The lowest BCUT2D eigenvalue weighted by Crippen LogP contribution is -2.32. The monoisotopic (exact) mass is 515 g/mol. The zero-order valence-electron chi connectivity index (χ0n) is 21.2. The van der Waals surface area contributed by atoms with Crippen LogP contribution in [0.15, 0.2) is 30.6 Å². The summed E-state index contributed by atoms with van der Waals surface area (Å²) < 4.78 is 42.7. The van der Waals surface area contributed by atoms with E-state index in [4.69, 9.17) is 9.47 Å². The second-order valence-electron chi connectivity index (χ2n) is 9.03. The van der Waals surface area contributed by atoms with Crippen molar-refractivity contribution in [1.29, 1.82) is 0 Å². The van der Waals surface area contributed by atoms with Gasteiger partial charge in [-0.1, -0.05) is 13.0 Å². The van der Waals surface area contributed by atoms with Crippen molar-refractivity contribution in [3.63, 3.8) is 0 Å². The van der Waals surface area contributed by atoms with Gasteiger partial charge in [0, 0.05) is 30.8 Å². The molecule has 11 nitrogen and oxygen atoms in total. The maximum atomic E-state index is 13.5. The van der Waals surface area contributed by atoms with E-state index < -0.39 is 21.2 Å². The molecule has 0 unspecified atom stereocenters. The molecule has 3 heterocycles. The van der Waals surface area contributed by atoms with Crippen molar-refractivity contribution in [2.75, 3.05) is 32.0 Å². The molecular weight excluding hydrogens is 482 g/mol. The predicted molar refractivity (Wildman–Crippen MR) is 136 cm³/mol. The molecule has 1 aromatic carbocycles. The van der Waals surface area contributed by atoms with Gasteiger partial charge >= 0.3 is 0 Å². The number of rotatable bonds is 9. The molecule has 1 aliphatic rings. The molecule has 2 aromatic heterocycles. The van der Waals surface area contributed by atoms with Crippen molar-refractivity contribution in [1.82, 2.24) is 30.0 Å². The van der Waals surface area contributed by atoms with E-state index in [9.17, 15) is 8.42 Å². The highest BCUT2D eigenvalue weighted by atomic mass is 32.2. The van der Waals surface area contributed by atoms with Gasteiger partial charge in [-0.15, -0.1) is 10.2 Å². The molecule has 36 heavy (non-hydrogen) atoms. The number of anilines is 1. The summed E-state index contributed by atoms with van der Waals surface area (Å²) in [5, 5.41) is 11.3. The summed E-state index contributed by atoms with van der Waals surface area (Å²) in [6, 6.07) is 5.39. The molecule has 1 fully saturated rings. The van der Waals surface area contributed by atoms with Gasteiger partial charge in [0.15, 0.2) is 0 Å². The summed E-state index contributed by atoms with van der Waals surface area (Å²) in [6.07, 6.45) is 5.24. The molecule has 4 rings (SSSR count). The van der Waals surface area contributed by atoms with E-state index in [2.05, 4.69) is 30.2 Å². The van der Waals surface area contributed by atoms with Crippen LogP contribution in [-0.4, -0.2) is 65.7 Å². The van der Waals surface area contributed by atoms with Gasteiger partial charge in [0.25, 0.3) is 0 Å². The van der Waals surface area contributed by atoms with Crippen LogP contribution >= 0.6 is 0 Å². The summed E-state index contributed by atoms with van der Waals surface area (Å²) >= 11 is 0. The molecule has 1 aliphatic heterocycles. The largest absolute Gasteiger partial charge is 0.494 e. The van der Waals surface area contributed by atoms with Crippen LogP contribution in [0.1, 0.15) is 55.7 Å². The number of hydrogen-bond acceptors (Lipinski definition) is 9. The fourth-order valence-corrected chi connectivity index (χ4v) is 5.54. The third kappa shape index (κ3) is 5.14. The molecule has 3 atom stereocenters. The van der Waals surface area contributed by atoms with Crippen molar-refractivity contribution in [3.05, 3.63) is 47.8 Å². The van der Waals surface area contributed by atoms with E-state index in [1.807, 2.05) is 13.0 Å². The van der Waals surface area contributed by atoms with Crippen molar-refractivity contribution >= 4 is 16.0 Å². The van der Waals surface area contributed by atoms with E-state index in [0.29, 0.717) is 35.4 Å². The van der Waals surface area contributed by atoms with Gasteiger partial charge in [0.1, 0.15) is 28.8 Å². The van der Waals surface area contributed by atoms with Crippen LogP contribution in [0.3, 0.4) is 0 Å². The van der Waals surface area contributed by atoms with Gasteiger partial charge < -0.3 is 14.8 Å². The number of aryl methyl sites for hydroxylation is 1. The number of nitrogens with one attached hydrogen (secondary N) is 2. The minimum absolute atomic E-state index is 0.0384. The standard InChI is InChI=1S/C24H33N7O4S/c1-15-12-26-22(27-13-15)16(2)17(3)36(32,33)30-24-29-28-23(18-8-7-11-25-14-18)31(24)21-19(34-4)9-6-10-20(21)35-5/h6,9-10,12-13,16-18,25H,7-8,11,14H2,1-5H3,(H,29,30)/t16-,17-,18+/m0/s1. The molecule has 0 amide bonds. The maximum absolute atomic E-state index is 13.5. The van der Waals surface area contributed by atoms with Crippen LogP contribution in [0.25, 0.3) is 5.69 Å². The highest BCUT2D eigenvalue weighted by Gasteiger charge is 2.33. The van der Waals surface area contributed by atoms with E-state index in [0.717, 1.165) is 24.9 Å². The molecule has 2 N–H and O–H groups in total. The Bertz CT molecular complexity index is 1270. The second kappa shape index (κ2) is 10.8. The number of benzene rings is 1. The fraction of sp³-hybridized carbons (Fsp3) is 0.500. The third-order valence-corrected chi connectivity index (χ3v) is 8.47. The quantitative estimate of drug-likeness (QED) is 0.441. The molecule has 0 aliphatic carbocycles. The van der Waals surface area contributed by atoms with Gasteiger partial charge in [0.05, 0.1) is 19.5 Å². The second-order valence-corrected chi connectivity index (χ2v) is 11.1. The van der Waals surface area contributed by atoms with Gasteiger partial charge in [-0.2, -0.15) is 0 Å². The Hall–Kier alpha value is -3.25. The number of ether oxygens (including phenoxy) is 2. The van der Waals surface area contributed by atoms with Gasteiger partial charge in [-0.3, -0.25) is 9.29 Å². The van der Waals surface area contributed by atoms with E-state index in [1.54, 1.807) is 57.2 Å². The fourth-order valence-electron chi connectivity index (χ4n) is 4.31. The normalized spacial score (nSPS) is 17.9. The van der Waals surface area contributed by atoms with E-state index in [1.165, 1.54) is 0 Å². The maximum Gasteiger partial charge on any atom is 0.243 e. The summed E-state index contributed by atoms with van der Waals surface area (Å²) in [7, 11) is -0.798. The van der Waals surface area contributed by atoms with Crippen LogP contribution in [0, 0.1) is 6.92 Å². The van der Waals surface area contributed by atoms with Gasteiger partial charge in [-0.05, 0) is 50.9 Å². The van der Waals surface area contributed by atoms with Crippen molar-refractivity contribution in [2.45, 2.75) is 50.7 Å². The first-order chi connectivity index (χ1) is 17.3. The van der Waals surface area contributed by atoms with Crippen molar-refractivity contribution in [2.24, 2.45) is 0 Å². The van der Waals surface area contributed by atoms with Gasteiger partial charge in [0.2, 0.25) is 16.0 Å². The van der Waals surface area contributed by atoms with Crippen LogP contribution < -0.4 is 19.5 Å². The summed E-state index contributed by atoms with van der Waals surface area (Å²) in [6.45, 7) is 6.95. The third-order valence-electron chi connectivity index (χ3n) is 6.61. The lowest BCUT2D eigenvalue weighted by Gasteiger charge is -2.25. The Morgan fingerprint density at radius 2 is 1.78 bits per heavy atom. The summed E-state index contributed by atoms with van der Waals surface area (Å²) in [5.41, 5.74) is 1.44. The Morgan fingerprint density at radius 1 is 1.11 bits per heavy atom. The van der Waals surface area contributed by atoms with Crippen molar-refractivity contribution < 1.29 is 17.9 Å². The number of nitrogens with zero attached hydrogens (tertiary/aromatic N) is 5. The Kier molecular flexibility index (Phi) is 7.74. The molecule has 0 saturated carbocycles. The number of aromatic nitrogens is 5. The van der Waals surface area contributed by atoms with Crippen molar-refractivity contribution in [3.8, 4) is 17.2 Å². The number of methoxy groups -OCH3 is 2. The number of sulfonamides is 1. The van der Waals surface area contributed by atoms with Crippen LogP contribution in [-0.2, 0) is 10.0 Å². The first-order valence-electron chi connectivity index (χ1n) is 11.9. The first-order valence-corrected chi connectivity index (χ1v) is 13.5. The molecule has 3 aromatic rings. The van der Waals surface area contributed by atoms with Gasteiger partial charge in [-0.25, -0.2) is 18.4 Å². The lowest BCUT2D eigenvalue weighted by atomic mass is 9.98. The lowest BCUT2D eigenvalue weighted by molar-refractivity contribution is 0.388. The zero-order chi connectivity index (χ0) is 25.9. The zero-order valence-corrected chi connectivity index (χ0v) is 22.0. The first kappa shape index (κ1) is 25.8. The Labute approximate surface area is 211 Å². The van der Waals surface area contributed by atoms with E-state index in [-0.39, 0.29) is 11.9 Å². The Balaban J connectivity index is 1.77. The topological polar surface area (TPSA) is 133 Å². The molecule has 0 spiro atoms. The van der Waals surface area contributed by atoms with Crippen LogP contribution in [0.5, 0.6) is 11.5 Å². The SMILES string of the molecule is COc1cccc(OC)c1-n1c(NS(=O)(=O)[C@@H](C)[C@H](C)c2ncc(C)cn2)nnc1[C@@H]1CCCNC1. The molecule has 194 valence electrons. The average molecular weight is 516 g/mol. The minimum Gasteiger partial charge on any atom is -0.494 e. The highest BCUT2D eigenvalue weighted by Crippen LogP contribution is 2.38. The highest BCUT2D eigenvalue weighted by molar-refractivity contribution is 7.93. The Morgan fingerprint density at radius 3 is 2.36 bits per heavy atom. The number of para-hydroxylation sites is 1. The molecule has 0 radical (unpaired) electrons. The molecular formula is C24H33N7O4S. The van der Waals surface area contributed by atoms with Crippen LogP contribution in [0.4, 0.5) is 5.95 Å². The molecule has 1 saturated heterocycles. The predicted octanol–water partition coefficient (Wildman–Crippen LogP) is 2.78. The number of piperidine rings is 1. The average Bonchev–Trinajstić information content (AvgIpc) is 3.30. The van der Waals surface area contributed by atoms with E-state index >= 15 is 0 Å². The van der Waals surface area contributed by atoms with Crippen LogP contribution in [0.2, 0.25) is 0 Å². The minimum atomic E-state index is -3.91.